The molecule has 8 heteroatoms. The molecule has 3 N–H and O–H groups in total. The first-order chi connectivity index (χ1) is 14.4. The van der Waals surface area contributed by atoms with Crippen LogP contribution in [-0.2, 0) is 16.6 Å². The highest BCUT2D eigenvalue weighted by molar-refractivity contribution is 7.92. The predicted molar refractivity (Wildman–Crippen MR) is 115 cm³/mol. The quantitative estimate of drug-likeness (QED) is 0.543. The van der Waals surface area contributed by atoms with Gasteiger partial charge in [0.05, 0.1) is 4.90 Å². The Hall–Kier alpha value is -3.65. The Morgan fingerprint density at radius 2 is 1.50 bits per heavy atom. The molecule has 0 radical (unpaired) electrons. The van der Waals surface area contributed by atoms with Gasteiger partial charge in [-0.15, -0.1) is 0 Å². The van der Waals surface area contributed by atoms with Crippen LogP contribution in [0.3, 0.4) is 0 Å². The Morgan fingerprint density at radius 3 is 2.17 bits per heavy atom. The number of nitrogens with one attached hydrogen (secondary N) is 3. The van der Waals surface area contributed by atoms with Crippen molar-refractivity contribution in [1.29, 1.82) is 0 Å². The van der Waals surface area contributed by atoms with Crippen LogP contribution in [0, 0.1) is 0 Å². The Morgan fingerprint density at radius 1 is 0.800 bits per heavy atom. The van der Waals surface area contributed by atoms with Gasteiger partial charge >= 0.3 is 0 Å². The fourth-order valence-electron chi connectivity index (χ4n) is 2.74. The van der Waals surface area contributed by atoms with E-state index in [0.29, 0.717) is 16.8 Å². The highest BCUT2D eigenvalue weighted by Gasteiger charge is 2.14. The number of hydrogen-bond acceptors (Lipinski definition) is 4. The van der Waals surface area contributed by atoms with Crippen molar-refractivity contribution in [3.8, 4) is 0 Å². The summed E-state index contributed by atoms with van der Waals surface area (Å²) in [5, 5.41) is 5.33. The van der Waals surface area contributed by atoms with Gasteiger partial charge in [0.25, 0.3) is 21.8 Å². The zero-order valence-electron chi connectivity index (χ0n) is 16.3. The number of rotatable bonds is 7. The molecule has 0 saturated heterocycles. The van der Waals surface area contributed by atoms with Crippen molar-refractivity contribution in [3.05, 3.63) is 95.6 Å². The van der Waals surface area contributed by atoms with Crippen LogP contribution in [-0.4, -0.2) is 27.3 Å². The van der Waals surface area contributed by atoms with Crippen molar-refractivity contribution in [3.63, 3.8) is 0 Å². The largest absolute Gasteiger partial charge is 0.355 e. The predicted octanol–water partition coefficient (Wildman–Crippen LogP) is 2.78. The van der Waals surface area contributed by atoms with Crippen LogP contribution >= 0.6 is 0 Å². The van der Waals surface area contributed by atoms with Gasteiger partial charge in [0, 0.05) is 30.4 Å². The molecule has 154 valence electrons. The third-order valence-corrected chi connectivity index (χ3v) is 5.72. The van der Waals surface area contributed by atoms with Gasteiger partial charge in [-0.25, -0.2) is 8.42 Å². The first-order valence-electron chi connectivity index (χ1n) is 9.16. The molecular formula is C22H21N3O4S. The van der Waals surface area contributed by atoms with Crippen LogP contribution in [0.15, 0.2) is 83.8 Å². The van der Waals surface area contributed by atoms with E-state index in [1.165, 1.54) is 18.2 Å². The number of amides is 2. The van der Waals surface area contributed by atoms with Crippen LogP contribution in [0.2, 0.25) is 0 Å². The maximum absolute atomic E-state index is 12.5. The summed E-state index contributed by atoms with van der Waals surface area (Å²) in [6.07, 6.45) is 0. The van der Waals surface area contributed by atoms with E-state index in [1.807, 2.05) is 0 Å². The maximum Gasteiger partial charge on any atom is 0.261 e. The van der Waals surface area contributed by atoms with E-state index in [-0.39, 0.29) is 23.3 Å². The molecule has 0 aromatic heterocycles. The number of carbonyl (C=O) groups excluding carboxylic acids is 2. The average molecular weight is 423 g/mol. The van der Waals surface area contributed by atoms with Gasteiger partial charge in [0.1, 0.15) is 0 Å². The summed E-state index contributed by atoms with van der Waals surface area (Å²) in [5.74, 6) is -0.522. The number of benzene rings is 3. The summed E-state index contributed by atoms with van der Waals surface area (Å²) in [6.45, 7) is 0.271. The molecule has 0 bridgehead atoms. The fourth-order valence-corrected chi connectivity index (χ4v) is 3.81. The van der Waals surface area contributed by atoms with E-state index in [1.54, 1.807) is 67.7 Å². The van der Waals surface area contributed by atoms with Gasteiger partial charge in [-0.3, -0.25) is 14.3 Å². The van der Waals surface area contributed by atoms with E-state index >= 15 is 0 Å². The first kappa shape index (κ1) is 21.1. The fraction of sp³-hybridized carbons (Fsp3) is 0.0909. The second-order valence-electron chi connectivity index (χ2n) is 6.46. The summed E-state index contributed by atoms with van der Waals surface area (Å²) in [7, 11) is -2.18. The number of hydrogen-bond donors (Lipinski definition) is 3. The molecule has 0 atom stereocenters. The minimum Gasteiger partial charge on any atom is -0.355 e. The summed E-state index contributed by atoms with van der Waals surface area (Å²) in [5.41, 5.74) is 1.98. The van der Waals surface area contributed by atoms with Crippen LogP contribution in [0.25, 0.3) is 0 Å². The summed E-state index contributed by atoms with van der Waals surface area (Å²) in [6, 6.07) is 21.1. The molecule has 0 spiro atoms. The number of sulfonamides is 1. The molecule has 3 aromatic carbocycles. The van der Waals surface area contributed by atoms with E-state index in [2.05, 4.69) is 15.4 Å². The van der Waals surface area contributed by atoms with Crippen LogP contribution in [0.5, 0.6) is 0 Å². The van der Waals surface area contributed by atoms with Crippen molar-refractivity contribution >= 4 is 27.5 Å². The van der Waals surface area contributed by atoms with Gasteiger partial charge in [-0.1, -0.05) is 36.4 Å². The Labute approximate surface area is 175 Å². The monoisotopic (exact) mass is 423 g/mol. The second kappa shape index (κ2) is 9.23. The molecule has 7 nitrogen and oxygen atoms in total. The lowest BCUT2D eigenvalue weighted by Gasteiger charge is -2.10. The Balaban J connectivity index is 1.65. The zero-order chi connectivity index (χ0) is 21.6. The van der Waals surface area contributed by atoms with Gasteiger partial charge < -0.3 is 10.6 Å². The minimum absolute atomic E-state index is 0.139. The first-order valence-corrected chi connectivity index (χ1v) is 10.6. The Bertz CT molecular complexity index is 1140. The smallest absolute Gasteiger partial charge is 0.261 e. The van der Waals surface area contributed by atoms with Crippen molar-refractivity contribution in [1.82, 2.24) is 10.6 Å². The molecule has 3 aromatic rings. The van der Waals surface area contributed by atoms with Crippen LogP contribution < -0.4 is 15.4 Å². The van der Waals surface area contributed by atoms with Gasteiger partial charge in [0.2, 0.25) is 0 Å². The highest BCUT2D eigenvalue weighted by atomic mass is 32.2. The molecule has 0 fully saturated rings. The van der Waals surface area contributed by atoms with Crippen molar-refractivity contribution in [2.75, 3.05) is 11.8 Å². The number of carbonyl (C=O) groups is 2. The lowest BCUT2D eigenvalue weighted by molar-refractivity contribution is 0.0946. The average Bonchev–Trinajstić information content (AvgIpc) is 2.77. The standard InChI is InChI=1S/C22H21N3O4S/c1-23-21(26)17-12-10-16(11-13-17)15-24-22(27)18-6-5-7-19(14-18)25-30(28,29)20-8-3-2-4-9-20/h2-14,25H,15H2,1H3,(H,23,26)(H,24,27). The maximum atomic E-state index is 12.5. The molecule has 0 heterocycles. The normalized spacial score (nSPS) is 10.8. The summed E-state index contributed by atoms with van der Waals surface area (Å²) >= 11 is 0. The van der Waals surface area contributed by atoms with Crippen molar-refractivity contribution in [2.45, 2.75) is 11.4 Å². The third-order valence-electron chi connectivity index (χ3n) is 4.33. The molecule has 3 rings (SSSR count). The van der Waals surface area contributed by atoms with E-state index in [9.17, 15) is 18.0 Å². The lowest BCUT2D eigenvalue weighted by Crippen LogP contribution is -2.23. The lowest BCUT2D eigenvalue weighted by atomic mass is 10.1. The van der Waals surface area contributed by atoms with E-state index < -0.39 is 10.0 Å². The van der Waals surface area contributed by atoms with Crippen LogP contribution in [0.1, 0.15) is 26.3 Å². The number of anilines is 1. The SMILES string of the molecule is CNC(=O)c1ccc(CNC(=O)c2cccc(NS(=O)(=O)c3ccccc3)c2)cc1. The Kier molecular flexibility index (Phi) is 6.48. The van der Waals surface area contributed by atoms with E-state index in [0.717, 1.165) is 5.56 Å². The topological polar surface area (TPSA) is 104 Å². The van der Waals surface area contributed by atoms with Gasteiger partial charge in [-0.05, 0) is 48.0 Å². The molecule has 0 unspecified atom stereocenters. The van der Waals surface area contributed by atoms with Gasteiger partial charge in [0.15, 0.2) is 0 Å². The minimum atomic E-state index is -3.74. The molecule has 0 saturated carbocycles. The molecule has 0 aliphatic heterocycles. The van der Waals surface area contributed by atoms with Crippen LogP contribution in [0.4, 0.5) is 5.69 Å². The molecular weight excluding hydrogens is 402 g/mol. The van der Waals surface area contributed by atoms with Crippen molar-refractivity contribution in [2.24, 2.45) is 0 Å². The molecule has 0 aliphatic rings. The molecule has 30 heavy (non-hydrogen) atoms. The molecule has 0 aliphatic carbocycles. The second-order valence-corrected chi connectivity index (χ2v) is 8.14. The molecule has 2 amide bonds. The summed E-state index contributed by atoms with van der Waals surface area (Å²) in [4.78, 5) is 24.2. The van der Waals surface area contributed by atoms with Crippen molar-refractivity contribution < 1.29 is 18.0 Å². The van der Waals surface area contributed by atoms with E-state index in [4.69, 9.17) is 0 Å². The van der Waals surface area contributed by atoms with Gasteiger partial charge in [-0.2, -0.15) is 0 Å². The highest BCUT2D eigenvalue weighted by Crippen LogP contribution is 2.17. The third kappa shape index (κ3) is 5.24. The summed E-state index contributed by atoms with van der Waals surface area (Å²) < 4.78 is 27.4. The zero-order valence-corrected chi connectivity index (χ0v) is 17.1.